The molecule has 0 bridgehead atoms. The van der Waals surface area contributed by atoms with Gasteiger partial charge >= 0.3 is 0 Å². The van der Waals surface area contributed by atoms with Gasteiger partial charge in [0.05, 0.1) is 11.5 Å². The van der Waals surface area contributed by atoms with Crippen LogP contribution in [0.1, 0.15) is 20.3 Å². The van der Waals surface area contributed by atoms with Crippen molar-refractivity contribution in [3.8, 4) is 0 Å². The van der Waals surface area contributed by atoms with Crippen molar-refractivity contribution in [2.45, 2.75) is 26.3 Å². The van der Waals surface area contributed by atoms with Gasteiger partial charge in [-0.05, 0) is 37.6 Å². The Bertz CT molecular complexity index is 932. The maximum absolute atomic E-state index is 11.8. The number of nitrogens with zero attached hydrogens (tertiary/aromatic N) is 3. The van der Waals surface area contributed by atoms with Crippen molar-refractivity contribution in [3.05, 3.63) is 36.5 Å². The number of hydrogen-bond acceptors (Lipinski definition) is 7. The maximum Gasteiger partial charge on any atom is 0.229 e. The van der Waals surface area contributed by atoms with E-state index in [9.17, 15) is 13.2 Å². The Balaban J connectivity index is 1.78. The van der Waals surface area contributed by atoms with Crippen molar-refractivity contribution >= 4 is 38.9 Å². The van der Waals surface area contributed by atoms with Crippen LogP contribution < -0.4 is 15.5 Å². The summed E-state index contributed by atoms with van der Waals surface area (Å²) in [4.78, 5) is 22.0. The van der Waals surface area contributed by atoms with Gasteiger partial charge in [0, 0.05) is 37.1 Å². The SMILES string of the molecule is CCN(c1ccnc(Nc2cccc(NC(C)=O)c2)n1)C1CCS(=O)(=O)C1. The summed E-state index contributed by atoms with van der Waals surface area (Å²) in [5, 5.41) is 5.85. The fourth-order valence-corrected chi connectivity index (χ4v) is 4.94. The summed E-state index contributed by atoms with van der Waals surface area (Å²) in [5.74, 6) is 1.34. The van der Waals surface area contributed by atoms with E-state index in [1.54, 1.807) is 24.4 Å². The Morgan fingerprint density at radius 3 is 2.74 bits per heavy atom. The van der Waals surface area contributed by atoms with Crippen molar-refractivity contribution < 1.29 is 13.2 Å². The number of nitrogens with one attached hydrogen (secondary N) is 2. The zero-order valence-electron chi connectivity index (χ0n) is 15.3. The number of amides is 1. The van der Waals surface area contributed by atoms with Gasteiger partial charge in [0.1, 0.15) is 5.82 Å². The van der Waals surface area contributed by atoms with Crippen LogP contribution in [0.3, 0.4) is 0 Å². The van der Waals surface area contributed by atoms with E-state index in [4.69, 9.17) is 0 Å². The third-order valence-electron chi connectivity index (χ3n) is 4.36. The molecule has 0 aliphatic carbocycles. The molecule has 0 spiro atoms. The minimum absolute atomic E-state index is 0.0640. The van der Waals surface area contributed by atoms with E-state index in [0.29, 0.717) is 30.4 Å². The average molecular weight is 389 g/mol. The van der Waals surface area contributed by atoms with Crippen LogP contribution in [-0.2, 0) is 14.6 Å². The van der Waals surface area contributed by atoms with Crippen molar-refractivity contribution in [2.24, 2.45) is 0 Å². The quantitative estimate of drug-likeness (QED) is 0.780. The van der Waals surface area contributed by atoms with Crippen LogP contribution in [0, 0.1) is 0 Å². The molecule has 3 rings (SSSR count). The second-order valence-corrected chi connectivity index (χ2v) is 8.70. The lowest BCUT2D eigenvalue weighted by molar-refractivity contribution is -0.114. The fourth-order valence-electron chi connectivity index (χ4n) is 3.20. The van der Waals surface area contributed by atoms with E-state index in [1.165, 1.54) is 6.92 Å². The normalized spacial score (nSPS) is 18.1. The lowest BCUT2D eigenvalue weighted by Crippen LogP contribution is -2.36. The first kappa shape index (κ1) is 19.1. The summed E-state index contributed by atoms with van der Waals surface area (Å²) in [6.45, 7) is 4.10. The maximum atomic E-state index is 11.8. The standard InChI is InChI=1S/C18H23N5O3S/c1-3-23(16-8-10-27(25,26)12-16)17-7-9-19-18(22-17)21-15-6-4-5-14(11-15)20-13(2)24/h4-7,9,11,16H,3,8,10,12H2,1-2H3,(H,20,24)(H,19,21,22). The van der Waals surface area contributed by atoms with Crippen LogP contribution in [-0.4, -0.2) is 48.4 Å². The minimum Gasteiger partial charge on any atom is -0.353 e. The zero-order valence-corrected chi connectivity index (χ0v) is 16.2. The van der Waals surface area contributed by atoms with Gasteiger partial charge in [0.25, 0.3) is 0 Å². The highest BCUT2D eigenvalue weighted by molar-refractivity contribution is 7.91. The van der Waals surface area contributed by atoms with E-state index in [0.717, 1.165) is 5.69 Å². The lowest BCUT2D eigenvalue weighted by atomic mass is 10.2. The number of carbonyl (C=O) groups excluding carboxylic acids is 1. The Kier molecular flexibility index (Phi) is 5.59. The van der Waals surface area contributed by atoms with E-state index in [2.05, 4.69) is 20.6 Å². The molecule has 2 heterocycles. The largest absolute Gasteiger partial charge is 0.353 e. The molecule has 0 saturated carbocycles. The first-order valence-electron chi connectivity index (χ1n) is 8.81. The predicted molar refractivity (Wildman–Crippen MR) is 106 cm³/mol. The number of benzene rings is 1. The molecular formula is C18H23N5O3S. The molecule has 27 heavy (non-hydrogen) atoms. The highest BCUT2D eigenvalue weighted by Gasteiger charge is 2.32. The molecule has 1 saturated heterocycles. The molecule has 2 aromatic rings. The van der Waals surface area contributed by atoms with Gasteiger partial charge in [-0.3, -0.25) is 4.79 Å². The Labute approximate surface area is 158 Å². The monoisotopic (exact) mass is 389 g/mol. The molecule has 144 valence electrons. The van der Waals surface area contributed by atoms with Gasteiger partial charge in [-0.1, -0.05) is 6.07 Å². The first-order valence-corrected chi connectivity index (χ1v) is 10.6. The number of aromatic nitrogens is 2. The van der Waals surface area contributed by atoms with Crippen molar-refractivity contribution in [2.75, 3.05) is 33.6 Å². The fraction of sp³-hybridized carbons (Fsp3) is 0.389. The van der Waals surface area contributed by atoms with Crippen LogP contribution in [0.2, 0.25) is 0 Å². The smallest absolute Gasteiger partial charge is 0.229 e. The molecule has 9 heteroatoms. The molecule has 1 aromatic heterocycles. The summed E-state index contributed by atoms with van der Waals surface area (Å²) < 4.78 is 23.6. The second-order valence-electron chi connectivity index (χ2n) is 6.47. The summed E-state index contributed by atoms with van der Waals surface area (Å²) in [5.41, 5.74) is 1.42. The lowest BCUT2D eigenvalue weighted by Gasteiger charge is -2.28. The molecule has 1 fully saturated rings. The minimum atomic E-state index is -2.97. The third kappa shape index (κ3) is 4.94. The highest BCUT2D eigenvalue weighted by atomic mass is 32.2. The predicted octanol–water partition coefficient (Wildman–Crippen LogP) is 2.19. The Morgan fingerprint density at radius 1 is 1.30 bits per heavy atom. The molecule has 1 aromatic carbocycles. The van der Waals surface area contributed by atoms with Gasteiger partial charge in [0.15, 0.2) is 9.84 Å². The van der Waals surface area contributed by atoms with Gasteiger partial charge < -0.3 is 15.5 Å². The van der Waals surface area contributed by atoms with Crippen molar-refractivity contribution in [1.82, 2.24) is 9.97 Å². The van der Waals surface area contributed by atoms with E-state index in [1.807, 2.05) is 24.0 Å². The van der Waals surface area contributed by atoms with Gasteiger partial charge in [-0.2, -0.15) is 4.98 Å². The third-order valence-corrected chi connectivity index (χ3v) is 6.11. The van der Waals surface area contributed by atoms with Gasteiger partial charge in [-0.15, -0.1) is 0 Å². The Hall–Kier alpha value is -2.68. The van der Waals surface area contributed by atoms with Gasteiger partial charge in [-0.25, -0.2) is 13.4 Å². The number of hydrogen-bond donors (Lipinski definition) is 2. The molecule has 8 nitrogen and oxygen atoms in total. The molecule has 1 aliphatic heterocycles. The van der Waals surface area contributed by atoms with Crippen LogP contribution in [0.15, 0.2) is 36.5 Å². The second kappa shape index (κ2) is 7.91. The van der Waals surface area contributed by atoms with Crippen LogP contribution in [0.4, 0.5) is 23.1 Å². The van der Waals surface area contributed by atoms with E-state index in [-0.39, 0.29) is 23.5 Å². The van der Waals surface area contributed by atoms with Crippen molar-refractivity contribution in [3.63, 3.8) is 0 Å². The average Bonchev–Trinajstić information content (AvgIpc) is 2.95. The summed E-state index contributed by atoms with van der Waals surface area (Å²) in [7, 11) is -2.97. The molecule has 1 atom stereocenters. The molecule has 2 N–H and O–H groups in total. The Morgan fingerprint density at radius 2 is 2.07 bits per heavy atom. The summed E-state index contributed by atoms with van der Waals surface area (Å²) in [6.07, 6.45) is 2.26. The number of rotatable bonds is 6. The van der Waals surface area contributed by atoms with Crippen LogP contribution in [0.25, 0.3) is 0 Å². The van der Waals surface area contributed by atoms with E-state index < -0.39 is 9.84 Å². The highest BCUT2D eigenvalue weighted by Crippen LogP contribution is 2.24. The molecular weight excluding hydrogens is 366 g/mol. The first-order chi connectivity index (χ1) is 12.9. The van der Waals surface area contributed by atoms with E-state index >= 15 is 0 Å². The number of sulfone groups is 1. The van der Waals surface area contributed by atoms with Crippen molar-refractivity contribution in [1.29, 1.82) is 0 Å². The molecule has 0 radical (unpaired) electrons. The molecule has 1 amide bonds. The molecule has 1 unspecified atom stereocenters. The topological polar surface area (TPSA) is 104 Å². The zero-order chi connectivity index (χ0) is 19.4. The van der Waals surface area contributed by atoms with Crippen LogP contribution >= 0.6 is 0 Å². The number of carbonyl (C=O) groups is 1. The summed E-state index contributed by atoms with van der Waals surface area (Å²) >= 11 is 0. The summed E-state index contributed by atoms with van der Waals surface area (Å²) in [6, 6.07) is 8.97. The number of anilines is 4. The molecule has 1 aliphatic rings. The van der Waals surface area contributed by atoms with Gasteiger partial charge in [0.2, 0.25) is 11.9 Å². The van der Waals surface area contributed by atoms with Crippen LogP contribution in [0.5, 0.6) is 0 Å².